The van der Waals surface area contributed by atoms with Gasteiger partial charge in [0, 0.05) is 44.5 Å². The molecule has 7 nitrogen and oxygen atoms in total. The van der Waals surface area contributed by atoms with Gasteiger partial charge in [-0.3, -0.25) is 4.99 Å². The lowest BCUT2D eigenvalue weighted by Gasteiger charge is -2.22. The highest BCUT2D eigenvalue weighted by Crippen LogP contribution is 2.16. The highest BCUT2D eigenvalue weighted by Gasteiger charge is 2.14. The van der Waals surface area contributed by atoms with Crippen molar-refractivity contribution in [1.29, 1.82) is 0 Å². The van der Waals surface area contributed by atoms with Crippen LogP contribution in [0.4, 0.5) is 0 Å². The zero-order valence-corrected chi connectivity index (χ0v) is 18.9. The predicted octanol–water partition coefficient (Wildman–Crippen LogP) is 3.57. The van der Waals surface area contributed by atoms with Crippen molar-refractivity contribution in [2.45, 2.75) is 52.0 Å². The van der Waals surface area contributed by atoms with Crippen LogP contribution in [0.1, 0.15) is 44.3 Å². The molecule has 0 saturated heterocycles. The van der Waals surface area contributed by atoms with Gasteiger partial charge in [-0.1, -0.05) is 18.0 Å². The van der Waals surface area contributed by atoms with Gasteiger partial charge in [0.15, 0.2) is 5.96 Å². The topological polar surface area (TPSA) is 67.6 Å². The van der Waals surface area contributed by atoms with E-state index in [4.69, 9.17) is 21.3 Å². The number of halogens is 1. The van der Waals surface area contributed by atoms with E-state index in [9.17, 15) is 0 Å². The van der Waals surface area contributed by atoms with Crippen molar-refractivity contribution in [1.82, 2.24) is 25.0 Å². The van der Waals surface area contributed by atoms with Crippen LogP contribution in [-0.4, -0.2) is 58.9 Å². The molecule has 0 spiro atoms. The highest BCUT2D eigenvalue weighted by atomic mass is 35.5. The van der Waals surface area contributed by atoms with Crippen LogP contribution in [-0.2, 0) is 19.4 Å². The molecule has 0 atom stereocenters. The van der Waals surface area contributed by atoms with Gasteiger partial charge in [-0.2, -0.15) is 0 Å². The van der Waals surface area contributed by atoms with Crippen molar-refractivity contribution in [3.05, 3.63) is 40.9 Å². The van der Waals surface area contributed by atoms with Crippen molar-refractivity contribution in [2.75, 3.05) is 33.3 Å². The van der Waals surface area contributed by atoms with Gasteiger partial charge in [-0.25, -0.2) is 0 Å². The van der Waals surface area contributed by atoms with Crippen LogP contribution in [0.25, 0.3) is 0 Å². The fraction of sp³-hybridized carbons (Fsp3) is 0.591. The third-order valence-corrected chi connectivity index (χ3v) is 5.46. The maximum Gasteiger partial charge on any atom is 0.193 e. The molecule has 0 bridgehead atoms. The Bertz CT molecular complexity index is 804. The first-order valence-corrected chi connectivity index (χ1v) is 11.3. The summed E-state index contributed by atoms with van der Waals surface area (Å²) in [6, 6.07) is 7.43. The van der Waals surface area contributed by atoms with E-state index in [0.717, 1.165) is 68.8 Å². The molecule has 1 aromatic heterocycles. The first-order valence-electron chi connectivity index (χ1n) is 11.0. The third kappa shape index (κ3) is 6.62. The van der Waals surface area contributed by atoms with E-state index in [2.05, 4.69) is 31.9 Å². The van der Waals surface area contributed by atoms with E-state index < -0.39 is 0 Å². The summed E-state index contributed by atoms with van der Waals surface area (Å²) in [5, 5.41) is 12.9. The molecule has 0 saturated carbocycles. The number of rotatable bonds is 9. The second-order valence-corrected chi connectivity index (χ2v) is 7.99. The Labute approximate surface area is 184 Å². The van der Waals surface area contributed by atoms with Crippen molar-refractivity contribution in [3.63, 3.8) is 0 Å². The maximum atomic E-state index is 5.91. The number of benzene rings is 1. The molecule has 1 aliphatic rings. The second-order valence-electron chi connectivity index (χ2n) is 7.56. The normalized spacial score (nSPS) is 14.2. The number of nitrogens with zero attached hydrogens (tertiary/aromatic N) is 5. The molecule has 2 aromatic rings. The monoisotopic (exact) mass is 432 g/mol. The molecule has 1 aliphatic heterocycles. The third-order valence-electron chi connectivity index (χ3n) is 5.21. The smallest absolute Gasteiger partial charge is 0.193 e. The minimum Gasteiger partial charge on any atom is -0.492 e. The largest absolute Gasteiger partial charge is 0.492 e. The molecule has 30 heavy (non-hydrogen) atoms. The lowest BCUT2D eigenvalue weighted by molar-refractivity contribution is 0.281. The Morgan fingerprint density at radius 1 is 1.23 bits per heavy atom. The maximum absolute atomic E-state index is 5.91. The van der Waals surface area contributed by atoms with Crippen molar-refractivity contribution in [3.8, 4) is 5.75 Å². The molecule has 0 fully saturated rings. The summed E-state index contributed by atoms with van der Waals surface area (Å²) < 4.78 is 8.12. The van der Waals surface area contributed by atoms with E-state index in [1.165, 1.54) is 19.3 Å². The van der Waals surface area contributed by atoms with Crippen molar-refractivity contribution < 1.29 is 4.74 Å². The Hall–Kier alpha value is -2.28. The van der Waals surface area contributed by atoms with Crippen LogP contribution in [0.2, 0.25) is 5.02 Å². The molecule has 0 unspecified atom stereocenters. The molecule has 1 N–H and O–H groups in total. The summed E-state index contributed by atoms with van der Waals surface area (Å²) in [5.41, 5.74) is 0. The van der Waals surface area contributed by atoms with Gasteiger partial charge in [0.2, 0.25) is 0 Å². The summed E-state index contributed by atoms with van der Waals surface area (Å²) in [7, 11) is 2.03. The average molecular weight is 433 g/mol. The molecule has 2 heterocycles. The number of hydrogen-bond acceptors (Lipinski definition) is 4. The minimum atomic E-state index is 0.578. The Balaban J connectivity index is 1.45. The zero-order chi connectivity index (χ0) is 21.2. The fourth-order valence-corrected chi connectivity index (χ4v) is 3.69. The summed E-state index contributed by atoms with van der Waals surface area (Å²) in [6.07, 6.45) is 6.67. The first kappa shape index (κ1) is 22.4. The van der Waals surface area contributed by atoms with Gasteiger partial charge in [0.25, 0.3) is 0 Å². The number of aliphatic imine (C=N–C) groups is 1. The molecule has 164 valence electrons. The van der Waals surface area contributed by atoms with E-state index in [-0.39, 0.29) is 0 Å². The van der Waals surface area contributed by atoms with Crippen molar-refractivity contribution >= 4 is 17.6 Å². The van der Waals surface area contributed by atoms with Gasteiger partial charge in [0.05, 0.1) is 6.54 Å². The number of hydrogen-bond donors (Lipinski definition) is 1. The van der Waals surface area contributed by atoms with Crippen LogP contribution in [0, 0.1) is 0 Å². The van der Waals surface area contributed by atoms with Gasteiger partial charge in [0.1, 0.15) is 24.0 Å². The van der Waals surface area contributed by atoms with Crippen LogP contribution < -0.4 is 10.1 Å². The quantitative estimate of drug-likeness (QED) is 0.372. The number of aryl methyl sites for hydroxylation is 2. The molecule has 3 rings (SSSR count). The Morgan fingerprint density at radius 2 is 2.07 bits per heavy atom. The van der Waals surface area contributed by atoms with E-state index in [1.807, 2.05) is 31.3 Å². The standard InChI is InChI=1S/C22H33ClN6O/c1-3-24-22(28(2)16-17-30-19-12-10-18(23)11-13-19)25-14-7-9-21-27-26-20-8-5-4-6-15-29(20)21/h10-13H,3-9,14-17H2,1-2H3,(H,24,25). The van der Waals surface area contributed by atoms with Gasteiger partial charge in [-0.15, -0.1) is 10.2 Å². The van der Waals surface area contributed by atoms with Crippen LogP contribution in [0.15, 0.2) is 29.3 Å². The van der Waals surface area contributed by atoms with E-state index >= 15 is 0 Å². The molecule has 1 aromatic carbocycles. The summed E-state index contributed by atoms with van der Waals surface area (Å²) >= 11 is 5.91. The predicted molar refractivity (Wildman–Crippen MR) is 121 cm³/mol. The Kier molecular flexibility index (Phi) is 8.81. The van der Waals surface area contributed by atoms with E-state index in [0.29, 0.717) is 11.6 Å². The number of nitrogens with one attached hydrogen (secondary N) is 1. The lowest BCUT2D eigenvalue weighted by Crippen LogP contribution is -2.41. The highest BCUT2D eigenvalue weighted by molar-refractivity contribution is 6.30. The Morgan fingerprint density at radius 3 is 2.87 bits per heavy atom. The SMILES string of the molecule is CCNC(=NCCCc1nnc2n1CCCCC2)N(C)CCOc1ccc(Cl)cc1. The fourth-order valence-electron chi connectivity index (χ4n) is 3.56. The number of aromatic nitrogens is 3. The number of ether oxygens (including phenoxy) is 1. The number of fused-ring (bicyclic) bond motifs is 1. The molecule has 0 radical (unpaired) electrons. The lowest BCUT2D eigenvalue weighted by atomic mass is 10.2. The van der Waals surface area contributed by atoms with Crippen LogP contribution >= 0.6 is 11.6 Å². The van der Waals surface area contributed by atoms with Gasteiger partial charge >= 0.3 is 0 Å². The zero-order valence-electron chi connectivity index (χ0n) is 18.1. The van der Waals surface area contributed by atoms with E-state index in [1.54, 1.807) is 0 Å². The van der Waals surface area contributed by atoms with Crippen LogP contribution in [0.5, 0.6) is 5.75 Å². The molecular formula is C22H33ClN6O. The summed E-state index contributed by atoms with van der Waals surface area (Å²) in [5.74, 6) is 3.98. The minimum absolute atomic E-state index is 0.578. The van der Waals surface area contributed by atoms with Gasteiger partial charge in [-0.05, 0) is 50.5 Å². The molecule has 8 heteroatoms. The molecular weight excluding hydrogens is 400 g/mol. The summed E-state index contributed by atoms with van der Waals surface area (Å²) in [4.78, 5) is 6.88. The first-order chi connectivity index (χ1) is 14.7. The van der Waals surface area contributed by atoms with Crippen molar-refractivity contribution in [2.24, 2.45) is 4.99 Å². The molecule has 0 amide bonds. The number of likely N-dealkylation sites (N-methyl/N-ethyl adjacent to an activating group) is 1. The van der Waals surface area contributed by atoms with Gasteiger partial charge < -0.3 is 19.5 Å². The molecule has 0 aliphatic carbocycles. The summed E-state index contributed by atoms with van der Waals surface area (Å²) in [6.45, 7) is 6.05. The number of guanidine groups is 1. The second kappa shape index (κ2) is 11.8. The van der Waals surface area contributed by atoms with Crippen LogP contribution in [0.3, 0.4) is 0 Å². The average Bonchev–Trinajstić information content (AvgIpc) is 2.97.